The zero-order valence-electron chi connectivity index (χ0n) is 12.2. The van der Waals surface area contributed by atoms with E-state index in [-0.39, 0.29) is 17.3 Å². The number of hydrogen-bond donors (Lipinski definition) is 0. The maximum Gasteiger partial charge on any atom is 0.351 e. The third-order valence-corrected chi connectivity index (χ3v) is 3.96. The molecule has 0 atom stereocenters. The van der Waals surface area contributed by atoms with Gasteiger partial charge in [0.1, 0.15) is 5.56 Å². The third-order valence-electron chi connectivity index (χ3n) is 3.65. The van der Waals surface area contributed by atoms with E-state index < -0.39 is 28.7 Å². The Kier molecular flexibility index (Phi) is 3.85. The number of carbonyl (C=O) groups is 1. The molecule has 3 rings (SSSR count). The number of rotatable bonds is 3. The standard InChI is InChI=1S/C14H13ClFN3O4/c1-2-23-12(20)10-8(15)4-5-9(11(10)16)19-13(21)17-6-3-7-18(17)14(19)22/h4-5H,2-3,6-7H2,1H3. The van der Waals surface area contributed by atoms with E-state index in [1.807, 2.05) is 0 Å². The summed E-state index contributed by atoms with van der Waals surface area (Å²) in [6.07, 6.45) is 0.669. The van der Waals surface area contributed by atoms with E-state index in [4.69, 9.17) is 16.3 Å². The second kappa shape index (κ2) is 5.69. The Morgan fingerprint density at radius 2 is 1.87 bits per heavy atom. The van der Waals surface area contributed by atoms with Crippen molar-refractivity contribution in [1.82, 2.24) is 13.9 Å². The Labute approximate surface area is 134 Å². The molecule has 1 aliphatic heterocycles. The van der Waals surface area contributed by atoms with Crippen LogP contribution in [0.1, 0.15) is 23.7 Å². The summed E-state index contributed by atoms with van der Waals surface area (Å²) in [6, 6.07) is 2.45. The molecular weight excluding hydrogens is 329 g/mol. The van der Waals surface area contributed by atoms with Gasteiger partial charge in [0.2, 0.25) is 0 Å². The van der Waals surface area contributed by atoms with Crippen LogP contribution in [0.5, 0.6) is 0 Å². The highest BCUT2D eigenvalue weighted by Crippen LogP contribution is 2.24. The number of ether oxygens (including phenoxy) is 1. The van der Waals surface area contributed by atoms with Crippen molar-refractivity contribution in [2.45, 2.75) is 26.4 Å². The molecule has 1 aromatic carbocycles. The summed E-state index contributed by atoms with van der Waals surface area (Å²) in [7, 11) is 0. The van der Waals surface area contributed by atoms with Crippen LogP contribution in [0, 0.1) is 5.82 Å². The lowest BCUT2D eigenvalue weighted by atomic mass is 10.2. The normalized spacial score (nSPS) is 13.2. The van der Waals surface area contributed by atoms with Gasteiger partial charge in [-0.15, -0.1) is 0 Å². The molecule has 0 fully saturated rings. The molecule has 0 spiro atoms. The number of hydrogen-bond acceptors (Lipinski definition) is 4. The maximum atomic E-state index is 14.7. The molecule has 2 aromatic rings. The van der Waals surface area contributed by atoms with Crippen molar-refractivity contribution in [2.24, 2.45) is 0 Å². The van der Waals surface area contributed by atoms with Crippen molar-refractivity contribution in [3.63, 3.8) is 0 Å². The van der Waals surface area contributed by atoms with Gasteiger partial charge in [0.25, 0.3) is 0 Å². The van der Waals surface area contributed by atoms with Crippen molar-refractivity contribution in [3.05, 3.63) is 49.5 Å². The molecule has 0 saturated carbocycles. The van der Waals surface area contributed by atoms with E-state index in [1.54, 1.807) is 6.92 Å². The van der Waals surface area contributed by atoms with E-state index in [0.717, 1.165) is 0 Å². The molecule has 0 aliphatic carbocycles. The first-order chi connectivity index (χ1) is 11.0. The van der Waals surface area contributed by atoms with Crippen LogP contribution in [-0.2, 0) is 17.8 Å². The molecule has 2 heterocycles. The smallest absolute Gasteiger partial charge is 0.351 e. The Morgan fingerprint density at radius 1 is 1.26 bits per heavy atom. The second-order valence-corrected chi connectivity index (χ2v) is 5.38. The molecule has 0 unspecified atom stereocenters. The number of carbonyl (C=O) groups excluding carboxylic acids is 1. The highest BCUT2D eigenvalue weighted by atomic mass is 35.5. The highest BCUT2D eigenvalue weighted by molar-refractivity contribution is 6.33. The minimum Gasteiger partial charge on any atom is -0.462 e. The molecule has 122 valence electrons. The molecule has 0 N–H and O–H groups in total. The summed E-state index contributed by atoms with van der Waals surface area (Å²) in [5, 5.41) is -0.149. The lowest BCUT2D eigenvalue weighted by molar-refractivity contribution is 0.0521. The maximum absolute atomic E-state index is 14.7. The largest absolute Gasteiger partial charge is 0.462 e. The van der Waals surface area contributed by atoms with E-state index in [0.29, 0.717) is 24.1 Å². The Hall–Kier alpha value is -2.35. The first-order valence-electron chi connectivity index (χ1n) is 7.05. The van der Waals surface area contributed by atoms with Gasteiger partial charge in [-0.3, -0.25) is 0 Å². The van der Waals surface area contributed by atoms with Gasteiger partial charge in [0.15, 0.2) is 5.82 Å². The van der Waals surface area contributed by atoms with Crippen LogP contribution in [0.2, 0.25) is 5.02 Å². The minimum atomic E-state index is -1.06. The van der Waals surface area contributed by atoms with Crippen LogP contribution < -0.4 is 11.4 Å². The number of aromatic nitrogens is 3. The van der Waals surface area contributed by atoms with Crippen LogP contribution in [0.25, 0.3) is 5.69 Å². The lowest BCUT2D eigenvalue weighted by Crippen LogP contribution is -2.29. The second-order valence-electron chi connectivity index (χ2n) is 4.98. The highest BCUT2D eigenvalue weighted by Gasteiger charge is 2.26. The van der Waals surface area contributed by atoms with Crippen LogP contribution >= 0.6 is 11.6 Å². The molecule has 9 heteroatoms. The topological polar surface area (TPSA) is 75.2 Å². The molecule has 0 radical (unpaired) electrons. The van der Waals surface area contributed by atoms with Gasteiger partial charge in [0.05, 0.1) is 17.3 Å². The Balaban J connectivity index is 2.24. The predicted molar refractivity (Wildman–Crippen MR) is 79.8 cm³/mol. The minimum absolute atomic E-state index is 0.0436. The first kappa shape index (κ1) is 15.5. The average molecular weight is 342 g/mol. The van der Waals surface area contributed by atoms with Crippen LogP contribution in [-0.4, -0.2) is 26.5 Å². The number of esters is 1. The van der Waals surface area contributed by atoms with E-state index in [1.165, 1.54) is 21.5 Å². The van der Waals surface area contributed by atoms with Crippen LogP contribution in [0.4, 0.5) is 4.39 Å². The molecule has 0 bridgehead atoms. The van der Waals surface area contributed by atoms with Crippen LogP contribution in [0.3, 0.4) is 0 Å². The van der Waals surface area contributed by atoms with E-state index in [2.05, 4.69) is 0 Å². The zero-order valence-corrected chi connectivity index (χ0v) is 13.0. The number of benzene rings is 1. The summed E-state index contributed by atoms with van der Waals surface area (Å²) < 4.78 is 22.7. The first-order valence-corrected chi connectivity index (χ1v) is 7.43. The lowest BCUT2D eigenvalue weighted by Gasteiger charge is -2.09. The fourth-order valence-electron chi connectivity index (χ4n) is 2.63. The number of fused-ring (bicyclic) bond motifs is 1. The molecular formula is C14H13ClFN3O4. The van der Waals surface area contributed by atoms with Crippen molar-refractivity contribution < 1.29 is 13.9 Å². The molecule has 0 amide bonds. The molecule has 0 saturated heterocycles. The molecule has 23 heavy (non-hydrogen) atoms. The number of halogens is 2. The molecule has 7 nitrogen and oxygen atoms in total. The van der Waals surface area contributed by atoms with Crippen molar-refractivity contribution >= 4 is 17.6 Å². The summed E-state index contributed by atoms with van der Waals surface area (Å²) >= 11 is 5.86. The van der Waals surface area contributed by atoms with Gasteiger partial charge < -0.3 is 4.74 Å². The van der Waals surface area contributed by atoms with Crippen LogP contribution in [0.15, 0.2) is 21.7 Å². The fourth-order valence-corrected chi connectivity index (χ4v) is 2.86. The summed E-state index contributed by atoms with van der Waals surface area (Å²) in [5.74, 6) is -2.00. The number of nitrogens with zero attached hydrogens (tertiary/aromatic N) is 3. The van der Waals surface area contributed by atoms with E-state index in [9.17, 15) is 18.8 Å². The molecule has 1 aliphatic rings. The quantitative estimate of drug-likeness (QED) is 0.785. The van der Waals surface area contributed by atoms with Gasteiger partial charge in [0, 0.05) is 13.1 Å². The monoisotopic (exact) mass is 341 g/mol. The van der Waals surface area contributed by atoms with Gasteiger partial charge in [-0.2, -0.15) is 0 Å². The summed E-state index contributed by atoms with van der Waals surface area (Å²) in [5.41, 5.74) is -2.11. The third kappa shape index (κ3) is 2.29. The predicted octanol–water partition coefficient (Wildman–Crippen LogP) is 1.17. The van der Waals surface area contributed by atoms with Crippen molar-refractivity contribution in [1.29, 1.82) is 0 Å². The Bertz CT molecular complexity index is 876. The Morgan fingerprint density at radius 3 is 2.43 bits per heavy atom. The van der Waals surface area contributed by atoms with Gasteiger partial charge in [-0.05, 0) is 25.5 Å². The summed E-state index contributed by atoms with van der Waals surface area (Å²) in [4.78, 5) is 36.5. The SMILES string of the molecule is CCOC(=O)c1c(Cl)ccc(-n2c(=O)n3n(c2=O)CCC3)c1F. The average Bonchev–Trinajstić information content (AvgIpc) is 3.06. The zero-order chi connectivity index (χ0) is 16.7. The van der Waals surface area contributed by atoms with Gasteiger partial charge in [-0.25, -0.2) is 32.7 Å². The van der Waals surface area contributed by atoms with Crippen molar-refractivity contribution in [3.8, 4) is 5.69 Å². The van der Waals surface area contributed by atoms with Gasteiger partial charge in [-0.1, -0.05) is 11.6 Å². The molecule has 1 aromatic heterocycles. The van der Waals surface area contributed by atoms with Gasteiger partial charge >= 0.3 is 17.3 Å². The summed E-state index contributed by atoms with van der Waals surface area (Å²) in [6.45, 7) is 2.40. The fraction of sp³-hybridized carbons (Fsp3) is 0.357. The van der Waals surface area contributed by atoms with E-state index >= 15 is 0 Å². The van der Waals surface area contributed by atoms with Crippen molar-refractivity contribution in [2.75, 3.05) is 6.61 Å².